The summed E-state index contributed by atoms with van der Waals surface area (Å²) in [5, 5.41) is 4.30. The highest BCUT2D eigenvalue weighted by atomic mass is 35.5. The molecule has 18 heavy (non-hydrogen) atoms. The molecule has 0 saturated carbocycles. The summed E-state index contributed by atoms with van der Waals surface area (Å²) in [6, 6.07) is 4.54. The number of rotatable bonds is 4. The number of aromatic nitrogens is 1. The van der Waals surface area contributed by atoms with Crippen LogP contribution in [0.15, 0.2) is 18.2 Å². The summed E-state index contributed by atoms with van der Waals surface area (Å²) in [5.41, 5.74) is 2.12. The van der Waals surface area contributed by atoms with Crippen molar-refractivity contribution in [2.24, 2.45) is 0 Å². The fourth-order valence-electron chi connectivity index (χ4n) is 1.89. The number of hydrogen-bond acceptors (Lipinski definition) is 3. The molecule has 0 aliphatic carbocycles. The number of nitrogens with zero attached hydrogens (tertiary/aromatic N) is 1. The van der Waals surface area contributed by atoms with Gasteiger partial charge in [0.1, 0.15) is 5.82 Å². The first-order valence-electron chi connectivity index (χ1n) is 5.67. The van der Waals surface area contributed by atoms with E-state index in [9.17, 15) is 4.39 Å². The van der Waals surface area contributed by atoms with E-state index in [1.54, 1.807) is 7.11 Å². The van der Waals surface area contributed by atoms with Crippen molar-refractivity contribution in [3.05, 3.63) is 34.7 Å². The summed E-state index contributed by atoms with van der Waals surface area (Å²) < 4.78 is 18.4. The first-order chi connectivity index (χ1) is 8.65. The molecule has 0 saturated heterocycles. The van der Waals surface area contributed by atoms with Crippen LogP contribution in [0.25, 0.3) is 10.9 Å². The van der Waals surface area contributed by atoms with Crippen molar-refractivity contribution in [2.75, 3.05) is 19.0 Å². The number of fused-ring (bicyclic) bond motifs is 1. The number of methoxy groups -OCH3 is 1. The van der Waals surface area contributed by atoms with Crippen LogP contribution in [0.1, 0.15) is 12.6 Å². The summed E-state index contributed by atoms with van der Waals surface area (Å²) >= 11 is 6.08. The summed E-state index contributed by atoms with van der Waals surface area (Å²) in [7, 11) is 1.59. The highest BCUT2D eigenvalue weighted by Gasteiger charge is 2.10. The molecule has 0 aliphatic rings. The molecule has 0 radical (unpaired) electrons. The minimum Gasteiger partial charge on any atom is -0.385 e. The van der Waals surface area contributed by atoms with Crippen molar-refractivity contribution >= 4 is 28.2 Å². The largest absolute Gasteiger partial charge is 0.385 e. The van der Waals surface area contributed by atoms with Crippen LogP contribution in [-0.4, -0.2) is 18.6 Å². The molecule has 0 spiro atoms. The Kier molecular flexibility index (Phi) is 3.99. The SMILES string of the molecule is CCNc1cc(COC)nc2cc(F)cc(Cl)c12. The van der Waals surface area contributed by atoms with E-state index >= 15 is 0 Å². The van der Waals surface area contributed by atoms with Gasteiger partial charge < -0.3 is 10.1 Å². The third-order valence-corrected chi connectivity index (χ3v) is 2.84. The fraction of sp³-hybridized carbons (Fsp3) is 0.308. The monoisotopic (exact) mass is 268 g/mol. The van der Waals surface area contributed by atoms with Crippen LogP contribution < -0.4 is 5.32 Å². The van der Waals surface area contributed by atoms with Gasteiger partial charge in [0.15, 0.2) is 0 Å². The number of benzene rings is 1. The zero-order valence-corrected chi connectivity index (χ0v) is 11.0. The van der Waals surface area contributed by atoms with Gasteiger partial charge in [0.2, 0.25) is 0 Å². The molecule has 1 heterocycles. The van der Waals surface area contributed by atoms with Crippen LogP contribution in [0.3, 0.4) is 0 Å². The summed E-state index contributed by atoms with van der Waals surface area (Å²) in [6.45, 7) is 3.11. The number of ether oxygens (including phenoxy) is 1. The Balaban J connectivity index is 2.68. The lowest BCUT2D eigenvalue weighted by atomic mass is 10.1. The van der Waals surface area contributed by atoms with Crippen molar-refractivity contribution in [1.29, 1.82) is 0 Å². The molecule has 2 rings (SSSR count). The Morgan fingerprint density at radius 1 is 1.39 bits per heavy atom. The molecule has 0 amide bonds. The third-order valence-electron chi connectivity index (χ3n) is 2.54. The second-order valence-electron chi connectivity index (χ2n) is 3.91. The lowest BCUT2D eigenvalue weighted by molar-refractivity contribution is 0.182. The van der Waals surface area contributed by atoms with Crippen molar-refractivity contribution in [2.45, 2.75) is 13.5 Å². The summed E-state index contributed by atoms with van der Waals surface area (Å²) in [5.74, 6) is -0.392. The first kappa shape index (κ1) is 13.1. The topological polar surface area (TPSA) is 34.1 Å². The second-order valence-corrected chi connectivity index (χ2v) is 4.31. The van der Waals surface area contributed by atoms with E-state index in [1.165, 1.54) is 12.1 Å². The predicted octanol–water partition coefficient (Wildman–Crippen LogP) is 3.61. The van der Waals surface area contributed by atoms with Crippen LogP contribution in [0.5, 0.6) is 0 Å². The Hall–Kier alpha value is -1.39. The molecular weight excluding hydrogens is 255 g/mol. The number of hydrogen-bond donors (Lipinski definition) is 1. The molecule has 3 nitrogen and oxygen atoms in total. The highest BCUT2D eigenvalue weighted by Crippen LogP contribution is 2.31. The van der Waals surface area contributed by atoms with E-state index < -0.39 is 5.82 Å². The predicted molar refractivity (Wildman–Crippen MR) is 71.6 cm³/mol. The van der Waals surface area contributed by atoms with Gasteiger partial charge in [-0.05, 0) is 19.1 Å². The minimum absolute atomic E-state index is 0.359. The van der Waals surface area contributed by atoms with Crippen LogP contribution >= 0.6 is 11.6 Å². The average molecular weight is 269 g/mol. The molecule has 0 fully saturated rings. The molecule has 0 aliphatic heterocycles. The molecule has 1 aromatic heterocycles. The maximum absolute atomic E-state index is 13.4. The van der Waals surface area contributed by atoms with Crippen LogP contribution in [0, 0.1) is 5.82 Å². The number of halogens is 2. The van der Waals surface area contributed by atoms with Gasteiger partial charge in [-0.2, -0.15) is 0 Å². The second kappa shape index (κ2) is 5.50. The normalized spacial score (nSPS) is 10.9. The fourth-order valence-corrected chi connectivity index (χ4v) is 2.20. The van der Waals surface area contributed by atoms with E-state index in [0.717, 1.165) is 23.3 Å². The quantitative estimate of drug-likeness (QED) is 0.920. The molecule has 5 heteroatoms. The molecule has 1 N–H and O–H groups in total. The van der Waals surface area contributed by atoms with Crippen LogP contribution in [-0.2, 0) is 11.3 Å². The summed E-state index contributed by atoms with van der Waals surface area (Å²) in [6.07, 6.45) is 0. The van der Waals surface area contributed by atoms with E-state index in [4.69, 9.17) is 16.3 Å². The number of anilines is 1. The van der Waals surface area contributed by atoms with Gasteiger partial charge in [-0.25, -0.2) is 4.39 Å². The number of nitrogens with one attached hydrogen (secondary N) is 1. The Morgan fingerprint density at radius 2 is 2.17 bits per heavy atom. The van der Waals surface area contributed by atoms with Crippen molar-refractivity contribution in [1.82, 2.24) is 4.98 Å². The number of pyridine rings is 1. The molecule has 2 aromatic rings. The minimum atomic E-state index is -0.392. The molecule has 0 unspecified atom stereocenters. The maximum Gasteiger partial charge on any atom is 0.126 e. The Morgan fingerprint density at radius 3 is 2.83 bits per heavy atom. The third kappa shape index (κ3) is 2.54. The lowest BCUT2D eigenvalue weighted by Gasteiger charge is -2.11. The first-order valence-corrected chi connectivity index (χ1v) is 6.05. The van der Waals surface area contributed by atoms with Gasteiger partial charge in [0.05, 0.1) is 22.8 Å². The Bertz CT molecular complexity index is 574. The Labute approximate surface area is 110 Å². The van der Waals surface area contributed by atoms with Crippen molar-refractivity contribution < 1.29 is 9.13 Å². The van der Waals surface area contributed by atoms with Crippen molar-refractivity contribution in [3.63, 3.8) is 0 Å². The van der Waals surface area contributed by atoms with E-state index in [-0.39, 0.29) is 0 Å². The van der Waals surface area contributed by atoms with Crippen molar-refractivity contribution in [3.8, 4) is 0 Å². The van der Waals surface area contributed by atoms with Crippen LogP contribution in [0.4, 0.5) is 10.1 Å². The molecule has 0 bridgehead atoms. The average Bonchev–Trinajstić information content (AvgIpc) is 2.28. The van der Waals surface area contributed by atoms with Gasteiger partial charge in [-0.3, -0.25) is 4.98 Å². The molecule has 0 atom stereocenters. The van der Waals surface area contributed by atoms with Gasteiger partial charge in [0, 0.05) is 30.8 Å². The zero-order chi connectivity index (χ0) is 13.1. The van der Waals surface area contributed by atoms with Gasteiger partial charge in [-0.15, -0.1) is 0 Å². The van der Waals surface area contributed by atoms with E-state index in [1.807, 2.05) is 13.0 Å². The standard InChI is InChI=1S/C13H14ClFN2O/c1-3-16-11-6-9(7-18-2)17-12-5-8(15)4-10(14)13(11)12/h4-6H,3,7H2,1-2H3,(H,16,17). The van der Waals surface area contributed by atoms with Crippen LogP contribution in [0.2, 0.25) is 5.02 Å². The highest BCUT2D eigenvalue weighted by molar-refractivity contribution is 6.36. The van der Waals surface area contributed by atoms with Gasteiger partial charge in [-0.1, -0.05) is 11.6 Å². The van der Waals surface area contributed by atoms with E-state index in [2.05, 4.69) is 10.3 Å². The van der Waals surface area contributed by atoms with Gasteiger partial charge in [0.25, 0.3) is 0 Å². The summed E-state index contributed by atoms with van der Waals surface area (Å²) in [4.78, 5) is 4.34. The smallest absolute Gasteiger partial charge is 0.126 e. The molecular formula is C13H14ClFN2O. The maximum atomic E-state index is 13.4. The molecule has 1 aromatic carbocycles. The lowest BCUT2D eigenvalue weighted by Crippen LogP contribution is -2.02. The zero-order valence-electron chi connectivity index (χ0n) is 10.3. The van der Waals surface area contributed by atoms with Gasteiger partial charge >= 0.3 is 0 Å². The molecule has 96 valence electrons. The van der Waals surface area contributed by atoms with E-state index in [0.29, 0.717) is 17.1 Å².